The van der Waals surface area contributed by atoms with Crippen LogP contribution < -0.4 is 5.32 Å². The number of hydrogen-bond acceptors (Lipinski definition) is 3. The summed E-state index contributed by atoms with van der Waals surface area (Å²) in [6, 6.07) is 12.2. The number of rotatable bonds is 3. The Balaban J connectivity index is 2.02. The Hall–Kier alpha value is -2.89. The molecule has 0 aliphatic carbocycles. The monoisotopic (exact) mass is 344 g/mol. The number of halogens is 3. The molecule has 0 spiro atoms. The zero-order valence-electron chi connectivity index (χ0n) is 13.6. The van der Waals surface area contributed by atoms with Gasteiger partial charge in [-0.05, 0) is 56.3 Å². The number of carbonyl (C=O) groups excluding carboxylic acids is 1. The summed E-state index contributed by atoms with van der Waals surface area (Å²) in [7, 11) is 0. The van der Waals surface area contributed by atoms with Gasteiger partial charge in [-0.2, -0.15) is 13.2 Å². The average Bonchev–Trinajstić information content (AvgIpc) is 2.53. The van der Waals surface area contributed by atoms with Gasteiger partial charge in [0.05, 0.1) is 11.1 Å². The van der Waals surface area contributed by atoms with Gasteiger partial charge in [-0.1, -0.05) is 6.07 Å². The van der Waals surface area contributed by atoms with Crippen LogP contribution in [0, 0.1) is 6.92 Å². The number of fused-ring (bicyclic) bond motifs is 1. The molecule has 3 aromatic rings. The highest BCUT2D eigenvalue weighted by atomic mass is 19.4. The molecule has 1 N–H and O–H groups in total. The van der Waals surface area contributed by atoms with E-state index in [0.717, 1.165) is 17.8 Å². The van der Waals surface area contributed by atoms with E-state index in [0.29, 0.717) is 22.3 Å². The topological polar surface area (TPSA) is 42.0 Å². The van der Waals surface area contributed by atoms with E-state index in [1.165, 1.54) is 13.0 Å². The summed E-state index contributed by atoms with van der Waals surface area (Å²) in [6.45, 7) is 3.21. The fourth-order valence-electron chi connectivity index (χ4n) is 2.58. The molecule has 0 unspecified atom stereocenters. The molecule has 0 atom stereocenters. The van der Waals surface area contributed by atoms with Gasteiger partial charge in [0.25, 0.3) is 0 Å². The van der Waals surface area contributed by atoms with Crippen molar-refractivity contribution in [2.75, 3.05) is 5.32 Å². The Morgan fingerprint density at radius 3 is 2.32 bits per heavy atom. The van der Waals surface area contributed by atoms with Crippen molar-refractivity contribution in [3.05, 3.63) is 65.4 Å². The number of aromatic nitrogens is 1. The van der Waals surface area contributed by atoms with Crippen molar-refractivity contribution >= 4 is 28.1 Å². The summed E-state index contributed by atoms with van der Waals surface area (Å²) in [5.74, 6) is -0.0311. The summed E-state index contributed by atoms with van der Waals surface area (Å²) in [5.41, 5.74) is 2.14. The molecule has 0 aliphatic rings. The molecule has 0 bridgehead atoms. The van der Waals surface area contributed by atoms with Crippen molar-refractivity contribution < 1.29 is 18.0 Å². The fraction of sp³-hybridized carbons (Fsp3) is 0.158. The molecule has 0 aliphatic heterocycles. The van der Waals surface area contributed by atoms with Gasteiger partial charge in [0.15, 0.2) is 5.78 Å². The van der Waals surface area contributed by atoms with Gasteiger partial charge in [0, 0.05) is 28.0 Å². The van der Waals surface area contributed by atoms with Crippen molar-refractivity contribution in [2.24, 2.45) is 0 Å². The lowest BCUT2D eigenvalue weighted by Gasteiger charge is -2.13. The zero-order chi connectivity index (χ0) is 18.2. The van der Waals surface area contributed by atoms with E-state index >= 15 is 0 Å². The summed E-state index contributed by atoms with van der Waals surface area (Å²) in [4.78, 5) is 15.5. The number of Topliss-reactive ketones (excluding diaryl/α,β-unsaturated/α-hetero) is 1. The molecule has 3 nitrogen and oxygen atoms in total. The van der Waals surface area contributed by atoms with Gasteiger partial charge in [-0.15, -0.1) is 0 Å². The van der Waals surface area contributed by atoms with Gasteiger partial charge < -0.3 is 5.32 Å². The predicted molar refractivity (Wildman–Crippen MR) is 91.2 cm³/mol. The van der Waals surface area contributed by atoms with E-state index in [9.17, 15) is 18.0 Å². The minimum absolute atomic E-state index is 0.0311. The standard InChI is InChI=1S/C19H15F3N2O/c1-11-9-17(24-15-6-3-13(4-7-15)12(2)25)16-8-5-14(19(20,21)22)10-18(16)23-11/h3-10H,1-2H3,(H,23,24). The number of ketones is 1. The lowest BCUT2D eigenvalue weighted by Crippen LogP contribution is -2.05. The number of hydrogen-bond donors (Lipinski definition) is 1. The quantitative estimate of drug-likeness (QED) is 0.637. The molecular weight excluding hydrogens is 329 g/mol. The van der Waals surface area contributed by atoms with E-state index in [1.807, 2.05) is 0 Å². The third kappa shape index (κ3) is 3.63. The molecule has 0 fully saturated rings. The number of nitrogens with zero attached hydrogens (tertiary/aromatic N) is 1. The van der Waals surface area contributed by atoms with Crippen LogP contribution in [0.25, 0.3) is 10.9 Å². The van der Waals surface area contributed by atoms with Gasteiger partial charge in [-0.25, -0.2) is 0 Å². The second-order valence-corrected chi connectivity index (χ2v) is 5.80. The minimum Gasteiger partial charge on any atom is -0.355 e. The Morgan fingerprint density at radius 1 is 1.04 bits per heavy atom. The van der Waals surface area contributed by atoms with E-state index in [4.69, 9.17) is 0 Å². The highest BCUT2D eigenvalue weighted by molar-refractivity contribution is 5.95. The number of aryl methyl sites for hydroxylation is 1. The molecule has 25 heavy (non-hydrogen) atoms. The zero-order valence-corrected chi connectivity index (χ0v) is 13.6. The van der Waals surface area contributed by atoms with E-state index in [-0.39, 0.29) is 11.3 Å². The first-order valence-electron chi connectivity index (χ1n) is 7.61. The number of nitrogens with one attached hydrogen (secondary N) is 1. The Labute approximate surface area is 142 Å². The first-order chi connectivity index (χ1) is 11.7. The van der Waals surface area contributed by atoms with Crippen LogP contribution in [0.2, 0.25) is 0 Å². The van der Waals surface area contributed by atoms with Crippen LogP contribution in [-0.2, 0) is 6.18 Å². The first kappa shape index (κ1) is 17.0. The largest absolute Gasteiger partial charge is 0.416 e. The van der Waals surface area contributed by atoms with Crippen molar-refractivity contribution in [1.29, 1.82) is 0 Å². The van der Waals surface area contributed by atoms with Crippen molar-refractivity contribution in [3.8, 4) is 0 Å². The molecular formula is C19H15F3N2O. The van der Waals surface area contributed by atoms with Crippen LogP contribution >= 0.6 is 0 Å². The molecule has 6 heteroatoms. The van der Waals surface area contributed by atoms with Crippen LogP contribution in [0.1, 0.15) is 28.5 Å². The number of anilines is 2. The Kier molecular flexibility index (Phi) is 4.20. The normalized spacial score (nSPS) is 11.6. The molecule has 1 heterocycles. The lowest BCUT2D eigenvalue weighted by molar-refractivity contribution is -0.137. The summed E-state index contributed by atoms with van der Waals surface area (Å²) in [6.07, 6.45) is -4.41. The number of pyridine rings is 1. The van der Waals surface area contributed by atoms with Gasteiger partial charge >= 0.3 is 6.18 Å². The summed E-state index contributed by atoms with van der Waals surface area (Å²) in [5, 5.41) is 3.77. The summed E-state index contributed by atoms with van der Waals surface area (Å²) < 4.78 is 38.7. The molecule has 1 aromatic heterocycles. The molecule has 0 saturated heterocycles. The fourth-order valence-corrected chi connectivity index (χ4v) is 2.58. The van der Waals surface area contributed by atoms with Crippen molar-refractivity contribution in [1.82, 2.24) is 4.98 Å². The van der Waals surface area contributed by atoms with Crippen LogP contribution in [0.15, 0.2) is 48.5 Å². The van der Waals surface area contributed by atoms with Crippen molar-refractivity contribution in [3.63, 3.8) is 0 Å². The van der Waals surface area contributed by atoms with Crippen LogP contribution in [0.4, 0.5) is 24.5 Å². The highest BCUT2D eigenvalue weighted by Crippen LogP contribution is 2.33. The van der Waals surface area contributed by atoms with E-state index < -0.39 is 11.7 Å². The van der Waals surface area contributed by atoms with E-state index in [2.05, 4.69) is 10.3 Å². The highest BCUT2D eigenvalue weighted by Gasteiger charge is 2.30. The van der Waals surface area contributed by atoms with Gasteiger partial charge in [-0.3, -0.25) is 9.78 Å². The van der Waals surface area contributed by atoms with Crippen LogP contribution in [0.3, 0.4) is 0 Å². The molecule has 0 saturated carbocycles. The number of benzene rings is 2. The predicted octanol–water partition coefficient (Wildman–Crippen LogP) is 5.51. The maximum absolute atomic E-state index is 12.9. The second-order valence-electron chi connectivity index (χ2n) is 5.80. The smallest absolute Gasteiger partial charge is 0.355 e. The van der Waals surface area contributed by atoms with Crippen LogP contribution in [-0.4, -0.2) is 10.8 Å². The third-order valence-corrected chi connectivity index (χ3v) is 3.84. The number of alkyl halides is 3. The van der Waals surface area contributed by atoms with E-state index in [1.54, 1.807) is 37.3 Å². The third-order valence-electron chi connectivity index (χ3n) is 3.84. The van der Waals surface area contributed by atoms with Crippen LogP contribution in [0.5, 0.6) is 0 Å². The number of carbonyl (C=O) groups is 1. The van der Waals surface area contributed by atoms with Gasteiger partial charge in [0.2, 0.25) is 0 Å². The van der Waals surface area contributed by atoms with Crippen molar-refractivity contribution in [2.45, 2.75) is 20.0 Å². The minimum atomic E-state index is -4.41. The second kappa shape index (κ2) is 6.20. The molecule has 2 aromatic carbocycles. The lowest BCUT2D eigenvalue weighted by atomic mass is 10.1. The summed E-state index contributed by atoms with van der Waals surface area (Å²) >= 11 is 0. The SMILES string of the molecule is CC(=O)c1ccc(Nc2cc(C)nc3cc(C(F)(F)F)ccc23)cc1. The maximum Gasteiger partial charge on any atom is 0.416 e. The molecule has 3 rings (SSSR count). The average molecular weight is 344 g/mol. The molecule has 128 valence electrons. The molecule has 0 radical (unpaired) electrons. The first-order valence-corrected chi connectivity index (χ1v) is 7.61. The molecule has 0 amide bonds. The van der Waals surface area contributed by atoms with Gasteiger partial charge in [0.1, 0.15) is 0 Å². The Bertz CT molecular complexity index is 947. The Morgan fingerprint density at radius 2 is 1.72 bits per heavy atom. The maximum atomic E-state index is 12.9.